The van der Waals surface area contributed by atoms with Gasteiger partial charge >= 0.3 is 0 Å². The second-order valence-corrected chi connectivity index (χ2v) is 4.80. The van der Waals surface area contributed by atoms with Gasteiger partial charge in [-0.2, -0.15) is 0 Å². The highest BCUT2D eigenvalue weighted by Crippen LogP contribution is 2.26. The minimum absolute atomic E-state index is 0.176. The first-order valence-corrected chi connectivity index (χ1v) is 5.99. The van der Waals surface area contributed by atoms with E-state index in [2.05, 4.69) is 11.5 Å². The maximum atomic E-state index is 13.3. The van der Waals surface area contributed by atoms with Crippen molar-refractivity contribution < 1.29 is 4.39 Å². The number of nitrogens with two attached hydrogens (primary N) is 1. The Morgan fingerprint density at radius 2 is 2.12 bits per heavy atom. The SMILES string of the molecule is Cc1c(CCC(C)N)c2cc(F)ccc2n1C. The zero-order chi connectivity index (χ0) is 12.6. The molecule has 1 aromatic heterocycles. The summed E-state index contributed by atoms with van der Waals surface area (Å²) in [6.45, 7) is 4.08. The van der Waals surface area contributed by atoms with Crippen LogP contribution in [0.25, 0.3) is 10.9 Å². The largest absolute Gasteiger partial charge is 0.348 e. The smallest absolute Gasteiger partial charge is 0.123 e. The van der Waals surface area contributed by atoms with Crippen LogP contribution in [0.2, 0.25) is 0 Å². The summed E-state index contributed by atoms with van der Waals surface area (Å²) < 4.78 is 15.4. The van der Waals surface area contributed by atoms with E-state index in [0.717, 1.165) is 23.7 Å². The maximum Gasteiger partial charge on any atom is 0.123 e. The fourth-order valence-corrected chi connectivity index (χ4v) is 2.31. The van der Waals surface area contributed by atoms with E-state index in [1.54, 1.807) is 6.07 Å². The van der Waals surface area contributed by atoms with Crippen molar-refractivity contribution in [3.63, 3.8) is 0 Å². The van der Waals surface area contributed by atoms with E-state index < -0.39 is 0 Å². The molecule has 2 N–H and O–H groups in total. The van der Waals surface area contributed by atoms with Crippen molar-refractivity contribution in [2.24, 2.45) is 12.8 Å². The predicted octanol–water partition coefficient (Wildman–Crippen LogP) is 2.91. The Kier molecular flexibility index (Phi) is 3.20. The average Bonchev–Trinajstić information content (AvgIpc) is 2.49. The van der Waals surface area contributed by atoms with Crippen LogP contribution in [0.3, 0.4) is 0 Å². The number of benzene rings is 1. The van der Waals surface area contributed by atoms with E-state index in [1.807, 2.05) is 20.0 Å². The summed E-state index contributed by atoms with van der Waals surface area (Å²) in [6.07, 6.45) is 1.83. The third kappa shape index (κ3) is 2.20. The lowest BCUT2D eigenvalue weighted by Gasteiger charge is -2.05. The van der Waals surface area contributed by atoms with Crippen molar-refractivity contribution >= 4 is 10.9 Å². The fourth-order valence-electron chi connectivity index (χ4n) is 2.31. The van der Waals surface area contributed by atoms with Crippen LogP contribution in [0.15, 0.2) is 18.2 Å². The molecule has 1 unspecified atom stereocenters. The molecule has 0 saturated carbocycles. The van der Waals surface area contributed by atoms with Gasteiger partial charge in [0.15, 0.2) is 0 Å². The molecule has 0 saturated heterocycles. The van der Waals surface area contributed by atoms with Gasteiger partial charge in [-0.15, -0.1) is 0 Å². The van der Waals surface area contributed by atoms with E-state index >= 15 is 0 Å². The minimum atomic E-state index is -0.176. The molecule has 0 bridgehead atoms. The van der Waals surface area contributed by atoms with Gasteiger partial charge in [-0.05, 0) is 50.5 Å². The van der Waals surface area contributed by atoms with Crippen molar-refractivity contribution in [3.05, 3.63) is 35.3 Å². The molecule has 1 atom stereocenters. The number of aryl methyl sites for hydroxylation is 2. The molecular weight excluding hydrogens is 215 g/mol. The summed E-state index contributed by atoms with van der Waals surface area (Å²) in [5.74, 6) is -0.176. The second-order valence-electron chi connectivity index (χ2n) is 4.80. The summed E-state index contributed by atoms with van der Waals surface area (Å²) in [7, 11) is 2.02. The molecule has 0 fully saturated rings. The number of hydrogen-bond donors (Lipinski definition) is 1. The van der Waals surface area contributed by atoms with Crippen molar-refractivity contribution in [3.8, 4) is 0 Å². The van der Waals surface area contributed by atoms with Crippen LogP contribution in [0.5, 0.6) is 0 Å². The number of halogens is 1. The van der Waals surface area contributed by atoms with Crippen LogP contribution in [0.4, 0.5) is 4.39 Å². The summed E-state index contributed by atoms with van der Waals surface area (Å²) in [4.78, 5) is 0. The first kappa shape index (κ1) is 12.1. The van der Waals surface area contributed by atoms with E-state index in [9.17, 15) is 4.39 Å². The monoisotopic (exact) mass is 234 g/mol. The third-order valence-corrected chi connectivity index (χ3v) is 3.43. The van der Waals surface area contributed by atoms with Gasteiger partial charge in [0.1, 0.15) is 5.82 Å². The Morgan fingerprint density at radius 1 is 1.41 bits per heavy atom. The van der Waals surface area contributed by atoms with Crippen LogP contribution in [-0.2, 0) is 13.5 Å². The molecule has 2 rings (SSSR count). The van der Waals surface area contributed by atoms with E-state index in [4.69, 9.17) is 5.73 Å². The van der Waals surface area contributed by atoms with Gasteiger partial charge in [-0.1, -0.05) is 0 Å². The second kappa shape index (κ2) is 4.49. The maximum absolute atomic E-state index is 13.3. The molecule has 3 heteroatoms. The van der Waals surface area contributed by atoms with Gasteiger partial charge in [-0.3, -0.25) is 0 Å². The highest BCUT2D eigenvalue weighted by Gasteiger charge is 2.12. The van der Waals surface area contributed by atoms with Crippen molar-refractivity contribution in [1.82, 2.24) is 4.57 Å². The molecule has 92 valence electrons. The predicted molar refractivity (Wildman–Crippen MR) is 69.6 cm³/mol. The lowest BCUT2D eigenvalue weighted by Crippen LogP contribution is -2.15. The zero-order valence-electron chi connectivity index (χ0n) is 10.6. The lowest BCUT2D eigenvalue weighted by atomic mass is 10.0. The molecule has 0 aliphatic carbocycles. The van der Waals surface area contributed by atoms with E-state index in [-0.39, 0.29) is 11.9 Å². The number of rotatable bonds is 3. The zero-order valence-corrected chi connectivity index (χ0v) is 10.6. The molecule has 0 aliphatic rings. The highest BCUT2D eigenvalue weighted by atomic mass is 19.1. The van der Waals surface area contributed by atoms with E-state index in [1.165, 1.54) is 17.3 Å². The third-order valence-electron chi connectivity index (χ3n) is 3.43. The van der Waals surface area contributed by atoms with Gasteiger partial charge in [0.25, 0.3) is 0 Å². The van der Waals surface area contributed by atoms with Crippen molar-refractivity contribution in [1.29, 1.82) is 0 Å². The van der Waals surface area contributed by atoms with Crippen LogP contribution in [-0.4, -0.2) is 10.6 Å². The summed E-state index contributed by atoms with van der Waals surface area (Å²) >= 11 is 0. The Balaban J connectivity index is 2.52. The number of aromatic nitrogens is 1. The molecule has 2 aromatic rings. The number of fused-ring (bicyclic) bond motifs is 1. The molecule has 0 aliphatic heterocycles. The Labute approximate surface area is 101 Å². The van der Waals surface area contributed by atoms with Crippen molar-refractivity contribution in [2.45, 2.75) is 32.7 Å². The van der Waals surface area contributed by atoms with Gasteiger partial charge in [-0.25, -0.2) is 4.39 Å². The lowest BCUT2D eigenvalue weighted by molar-refractivity contribution is 0.629. The Morgan fingerprint density at radius 3 is 2.76 bits per heavy atom. The van der Waals surface area contributed by atoms with Gasteiger partial charge in [0, 0.05) is 29.7 Å². The summed E-state index contributed by atoms with van der Waals surface area (Å²) in [5, 5.41) is 1.02. The molecular formula is C14H19FN2. The molecule has 0 spiro atoms. The summed E-state index contributed by atoms with van der Waals surface area (Å²) in [5.41, 5.74) is 9.30. The molecule has 0 radical (unpaired) electrons. The first-order valence-electron chi connectivity index (χ1n) is 5.99. The topological polar surface area (TPSA) is 30.9 Å². The molecule has 2 nitrogen and oxygen atoms in total. The van der Waals surface area contributed by atoms with Gasteiger partial charge in [0.2, 0.25) is 0 Å². The van der Waals surface area contributed by atoms with Crippen LogP contribution in [0.1, 0.15) is 24.6 Å². The minimum Gasteiger partial charge on any atom is -0.348 e. The van der Waals surface area contributed by atoms with Crippen molar-refractivity contribution in [2.75, 3.05) is 0 Å². The number of hydrogen-bond acceptors (Lipinski definition) is 1. The quantitative estimate of drug-likeness (QED) is 0.869. The molecule has 1 heterocycles. The first-order chi connectivity index (χ1) is 8.00. The highest BCUT2D eigenvalue weighted by molar-refractivity contribution is 5.85. The standard InChI is InChI=1S/C14H19FN2/c1-9(16)4-6-12-10(2)17(3)14-7-5-11(15)8-13(12)14/h5,7-9H,4,6,16H2,1-3H3. The Bertz CT molecular complexity index is 541. The van der Waals surface area contributed by atoms with Gasteiger partial charge < -0.3 is 10.3 Å². The van der Waals surface area contributed by atoms with Crippen LogP contribution in [0, 0.1) is 12.7 Å². The summed E-state index contributed by atoms with van der Waals surface area (Å²) in [6, 6.07) is 5.15. The molecule has 1 aromatic carbocycles. The van der Waals surface area contributed by atoms with E-state index in [0.29, 0.717) is 0 Å². The van der Waals surface area contributed by atoms with Crippen LogP contribution < -0.4 is 5.73 Å². The van der Waals surface area contributed by atoms with Gasteiger partial charge in [0.05, 0.1) is 0 Å². The normalized spacial score (nSPS) is 13.2. The Hall–Kier alpha value is -1.35. The average molecular weight is 234 g/mol. The fraction of sp³-hybridized carbons (Fsp3) is 0.429. The van der Waals surface area contributed by atoms with Crippen LogP contribution >= 0.6 is 0 Å². The number of nitrogens with zero attached hydrogens (tertiary/aromatic N) is 1. The molecule has 17 heavy (non-hydrogen) atoms. The molecule has 0 amide bonds.